The molecule has 0 unspecified atom stereocenters. The maximum absolute atomic E-state index is 12.2. The first-order valence-corrected chi connectivity index (χ1v) is 7.07. The van der Waals surface area contributed by atoms with Crippen LogP contribution in [0.1, 0.15) is 12.5 Å². The van der Waals surface area contributed by atoms with E-state index in [2.05, 4.69) is 5.32 Å². The second kappa shape index (κ2) is 7.64. The largest absolute Gasteiger partial charge is 0.464 e. The van der Waals surface area contributed by atoms with Crippen LogP contribution in [0.15, 0.2) is 30.3 Å². The van der Waals surface area contributed by atoms with Crippen LogP contribution in [0.5, 0.6) is 0 Å². The molecule has 114 valence electrons. The first-order chi connectivity index (χ1) is 10.2. The van der Waals surface area contributed by atoms with Crippen LogP contribution in [0.25, 0.3) is 0 Å². The molecular formula is C15H20N2O4. The van der Waals surface area contributed by atoms with Crippen molar-refractivity contribution < 1.29 is 19.1 Å². The van der Waals surface area contributed by atoms with Crippen LogP contribution in [-0.2, 0) is 20.9 Å². The molecule has 6 heteroatoms. The van der Waals surface area contributed by atoms with E-state index in [1.165, 1.54) is 4.90 Å². The van der Waals surface area contributed by atoms with Crippen LogP contribution >= 0.6 is 0 Å². The van der Waals surface area contributed by atoms with Gasteiger partial charge in [-0.15, -0.1) is 0 Å². The highest BCUT2D eigenvalue weighted by Crippen LogP contribution is 2.10. The molecule has 0 aromatic heterocycles. The molecule has 1 atom stereocenters. The van der Waals surface area contributed by atoms with Gasteiger partial charge in [0.05, 0.1) is 6.61 Å². The fourth-order valence-corrected chi connectivity index (χ4v) is 2.17. The molecule has 0 radical (unpaired) electrons. The van der Waals surface area contributed by atoms with Crippen molar-refractivity contribution in [2.24, 2.45) is 0 Å². The fraction of sp³-hybridized carbons (Fsp3) is 0.467. The Morgan fingerprint density at radius 1 is 1.29 bits per heavy atom. The van der Waals surface area contributed by atoms with E-state index >= 15 is 0 Å². The number of esters is 1. The van der Waals surface area contributed by atoms with E-state index < -0.39 is 18.1 Å². The third-order valence-corrected chi connectivity index (χ3v) is 3.24. The SMILES string of the molecule is CCOC(=O)[C@@H]1CNCCN1C(=O)OCc1ccccc1. The summed E-state index contributed by atoms with van der Waals surface area (Å²) in [5.74, 6) is -0.402. The van der Waals surface area contributed by atoms with Crippen molar-refractivity contribution in [2.75, 3.05) is 26.2 Å². The molecule has 1 aliphatic rings. The monoisotopic (exact) mass is 292 g/mol. The highest BCUT2D eigenvalue weighted by Gasteiger charge is 2.34. The number of carbonyl (C=O) groups excluding carboxylic acids is 2. The minimum Gasteiger partial charge on any atom is -0.464 e. The normalized spacial score (nSPS) is 18.1. The number of hydrogen-bond donors (Lipinski definition) is 1. The first-order valence-electron chi connectivity index (χ1n) is 7.07. The van der Waals surface area contributed by atoms with Crippen molar-refractivity contribution in [2.45, 2.75) is 19.6 Å². The van der Waals surface area contributed by atoms with Crippen molar-refractivity contribution in [3.63, 3.8) is 0 Å². The fourth-order valence-electron chi connectivity index (χ4n) is 2.17. The van der Waals surface area contributed by atoms with Gasteiger partial charge in [-0.25, -0.2) is 9.59 Å². The molecule has 1 aliphatic heterocycles. The Morgan fingerprint density at radius 2 is 2.05 bits per heavy atom. The van der Waals surface area contributed by atoms with Gasteiger partial charge in [0.1, 0.15) is 12.6 Å². The second-order valence-corrected chi connectivity index (χ2v) is 4.71. The highest BCUT2D eigenvalue weighted by atomic mass is 16.6. The zero-order valence-electron chi connectivity index (χ0n) is 12.1. The lowest BCUT2D eigenvalue weighted by molar-refractivity contribution is -0.149. The first kappa shape index (κ1) is 15.3. The van der Waals surface area contributed by atoms with Gasteiger partial charge in [-0.05, 0) is 12.5 Å². The molecule has 0 spiro atoms. The Morgan fingerprint density at radius 3 is 2.76 bits per heavy atom. The second-order valence-electron chi connectivity index (χ2n) is 4.71. The van der Waals surface area contributed by atoms with Crippen molar-refractivity contribution in [3.05, 3.63) is 35.9 Å². The van der Waals surface area contributed by atoms with Crippen molar-refractivity contribution in [3.8, 4) is 0 Å². The Hall–Kier alpha value is -2.08. The smallest absolute Gasteiger partial charge is 0.410 e. The Kier molecular flexibility index (Phi) is 5.57. The van der Waals surface area contributed by atoms with Crippen molar-refractivity contribution >= 4 is 12.1 Å². The molecule has 0 bridgehead atoms. The van der Waals surface area contributed by atoms with Crippen LogP contribution < -0.4 is 5.32 Å². The number of carbonyl (C=O) groups is 2. The third kappa shape index (κ3) is 4.19. The lowest BCUT2D eigenvalue weighted by Gasteiger charge is -2.33. The molecule has 1 aromatic carbocycles. The minimum atomic E-state index is -0.623. The molecule has 1 N–H and O–H groups in total. The van der Waals surface area contributed by atoms with Gasteiger partial charge in [-0.1, -0.05) is 30.3 Å². The van der Waals surface area contributed by atoms with Gasteiger partial charge in [0.15, 0.2) is 0 Å². The maximum Gasteiger partial charge on any atom is 0.410 e. The van der Waals surface area contributed by atoms with E-state index in [9.17, 15) is 9.59 Å². The minimum absolute atomic E-state index is 0.194. The van der Waals surface area contributed by atoms with E-state index in [0.717, 1.165) is 5.56 Å². The van der Waals surface area contributed by atoms with Gasteiger partial charge >= 0.3 is 12.1 Å². The van der Waals surface area contributed by atoms with E-state index in [1.54, 1.807) is 6.92 Å². The summed E-state index contributed by atoms with van der Waals surface area (Å²) >= 11 is 0. The maximum atomic E-state index is 12.2. The summed E-state index contributed by atoms with van der Waals surface area (Å²) < 4.78 is 10.3. The summed E-state index contributed by atoms with van der Waals surface area (Å²) in [6.45, 7) is 3.68. The Bertz CT molecular complexity index is 478. The standard InChI is InChI=1S/C15H20N2O4/c1-2-20-14(18)13-10-16-8-9-17(13)15(19)21-11-12-6-4-3-5-7-12/h3-7,13,16H,2,8-11H2,1H3/t13-/m0/s1. The summed E-state index contributed by atoms with van der Waals surface area (Å²) in [5, 5.41) is 3.08. The van der Waals surface area contributed by atoms with Crippen LogP contribution in [0, 0.1) is 0 Å². The number of hydrogen-bond acceptors (Lipinski definition) is 5. The molecule has 1 fully saturated rings. The molecule has 2 rings (SSSR count). The molecule has 1 aromatic rings. The summed E-state index contributed by atoms with van der Waals surface area (Å²) in [5.41, 5.74) is 0.911. The van der Waals surface area contributed by atoms with Gasteiger partial charge < -0.3 is 14.8 Å². The topological polar surface area (TPSA) is 67.9 Å². The zero-order valence-corrected chi connectivity index (χ0v) is 12.1. The number of nitrogens with one attached hydrogen (secondary N) is 1. The molecule has 6 nitrogen and oxygen atoms in total. The number of amides is 1. The third-order valence-electron chi connectivity index (χ3n) is 3.24. The van der Waals surface area contributed by atoms with Crippen molar-refractivity contribution in [1.82, 2.24) is 10.2 Å². The summed E-state index contributed by atoms with van der Waals surface area (Å²) in [6.07, 6.45) is -0.488. The van der Waals surface area contributed by atoms with Gasteiger partial charge in [0.25, 0.3) is 0 Å². The highest BCUT2D eigenvalue weighted by molar-refractivity contribution is 5.82. The van der Waals surface area contributed by atoms with E-state index in [1.807, 2.05) is 30.3 Å². The van der Waals surface area contributed by atoms with Crippen LogP contribution in [0.3, 0.4) is 0 Å². The molecule has 1 saturated heterocycles. The van der Waals surface area contributed by atoms with E-state index in [-0.39, 0.29) is 6.61 Å². The Labute approximate surface area is 124 Å². The van der Waals surface area contributed by atoms with Gasteiger partial charge in [0, 0.05) is 19.6 Å². The predicted octanol–water partition coefficient (Wildman–Crippen LogP) is 1.16. The molecule has 21 heavy (non-hydrogen) atoms. The average Bonchev–Trinajstić information content (AvgIpc) is 2.54. The zero-order chi connectivity index (χ0) is 15.1. The molecule has 0 aliphatic carbocycles. The van der Waals surface area contributed by atoms with Crippen LogP contribution in [0.4, 0.5) is 4.79 Å². The quantitative estimate of drug-likeness (QED) is 0.844. The lowest BCUT2D eigenvalue weighted by atomic mass is 10.2. The van der Waals surface area contributed by atoms with Gasteiger partial charge in [-0.3, -0.25) is 4.90 Å². The molecular weight excluding hydrogens is 272 g/mol. The average molecular weight is 292 g/mol. The summed E-state index contributed by atoms with van der Waals surface area (Å²) in [4.78, 5) is 25.5. The van der Waals surface area contributed by atoms with E-state index in [0.29, 0.717) is 26.2 Å². The predicted molar refractivity (Wildman–Crippen MR) is 76.6 cm³/mol. The van der Waals surface area contributed by atoms with E-state index in [4.69, 9.17) is 9.47 Å². The molecule has 1 heterocycles. The number of piperazine rings is 1. The van der Waals surface area contributed by atoms with Crippen LogP contribution in [-0.4, -0.2) is 49.2 Å². The Balaban J connectivity index is 1.93. The van der Waals surface area contributed by atoms with Crippen molar-refractivity contribution in [1.29, 1.82) is 0 Å². The number of nitrogens with zero attached hydrogens (tertiary/aromatic N) is 1. The lowest BCUT2D eigenvalue weighted by Crippen LogP contribution is -2.57. The van der Waals surface area contributed by atoms with Gasteiger partial charge in [0.2, 0.25) is 0 Å². The number of benzene rings is 1. The van der Waals surface area contributed by atoms with Crippen LogP contribution in [0.2, 0.25) is 0 Å². The summed E-state index contributed by atoms with van der Waals surface area (Å²) in [6, 6.07) is 8.81. The summed E-state index contributed by atoms with van der Waals surface area (Å²) in [7, 11) is 0. The molecule has 1 amide bonds. The van der Waals surface area contributed by atoms with Gasteiger partial charge in [-0.2, -0.15) is 0 Å². The number of rotatable bonds is 4. The number of ether oxygens (including phenoxy) is 2. The molecule has 0 saturated carbocycles.